The van der Waals surface area contributed by atoms with Gasteiger partial charge in [0, 0.05) is 11.1 Å². The van der Waals surface area contributed by atoms with Crippen LogP contribution < -0.4 is 10.5 Å². The number of ether oxygens (including phenoxy) is 1. The topological polar surface area (TPSA) is 35.2 Å². The molecule has 2 heteroatoms. The molecule has 2 rings (SSSR count). The highest BCUT2D eigenvalue weighted by molar-refractivity contribution is 5.97. The lowest BCUT2D eigenvalue weighted by molar-refractivity contribution is 0.375. The van der Waals surface area contributed by atoms with Crippen LogP contribution in [-0.4, -0.2) is 6.61 Å². The van der Waals surface area contributed by atoms with E-state index in [1.807, 2.05) is 36.4 Å². The van der Waals surface area contributed by atoms with Crippen molar-refractivity contribution in [2.75, 3.05) is 12.3 Å². The first-order chi connectivity index (χ1) is 7.33. The highest BCUT2D eigenvalue weighted by Crippen LogP contribution is 2.30. The number of anilines is 1. The minimum Gasteiger partial charge on any atom is -0.480 e. The van der Waals surface area contributed by atoms with Crippen LogP contribution >= 0.6 is 0 Å². The molecule has 74 valence electrons. The minimum absolute atomic E-state index is 0.257. The van der Waals surface area contributed by atoms with Gasteiger partial charge in [0.2, 0.25) is 0 Å². The number of benzene rings is 2. The molecule has 0 atom stereocenters. The summed E-state index contributed by atoms with van der Waals surface area (Å²) in [5.74, 6) is 3.18. The fourth-order valence-corrected chi connectivity index (χ4v) is 1.57. The highest BCUT2D eigenvalue weighted by atomic mass is 16.5. The third-order valence-corrected chi connectivity index (χ3v) is 2.21. The Morgan fingerprint density at radius 2 is 1.93 bits per heavy atom. The molecule has 0 saturated heterocycles. The van der Waals surface area contributed by atoms with Gasteiger partial charge in [-0.3, -0.25) is 0 Å². The van der Waals surface area contributed by atoms with Gasteiger partial charge in [-0.05, 0) is 17.5 Å². The van der Waals surface area contributed by atoms with Crippen molar-refractivity contribution in [1.29, 1.82) is 0 Å². The minimum atomic E-state index is 0.257. The van der Waals surface area contributed by atoms with E-state index in [-0.39, 0.29) is 6.61 Å². The van der Waals surface area contributed by atoms with Crippen LogP contribution in [0.5, 0.6) is 5.75 Å². The van der Waals surface area contributed by atoms with Gasteiger partial charge in [0.25, 0.3) is 0 Å². The number of terminal acetylenes is 1. The van der Waals surface area contributed by atoms with E-state index in [0.29, 0.717) is 5.69 Å². The van der Waals surface area contributed by atoms with E-state index in [4.69, 9.17) is 16.9 Å². The van der Waals surface area contributed by atoms with Gasteiger partial charge in [-0.25, -0.2) is 0 Å². The average molecular weight is 197 g/mol. The van der Waals surface area contributed by atoms with Gasteiger partial charge in [-0.1, -0.05) is 30.2 Å². The van der Waals surface area contributed by atoms with Crippen molar-refractivity contribution < 1.29 is 4.74 Å². The molecule has 15 heavy (non-hydrogen) atoms. The lowest BCUT2D eigenvalue weighted by Gasteiger charge is -2.08. The van der Waals surface area contributed by atoms with Crippen LogP contribution in [-0.2, 0) is 0 Å². The molecule has 2 aromatic carbocycles. The smallest absolute Gasteiger partial charge is 0.148 e. The third-order valence-electron chi connectivity index (χ3n) is 2.21. The fraction of sp³-hybridized carbons (Fsp3) is 0.0769. The van der Waals surface area contributed by atoms with Crippen molar-refractivity contribution >= 4 is 16.5 Å². The molecule has 0 aromatic heterocycles. The number of hydrogen-bond acceptors (Lipinski definition) is 2. The van der Waals surface area contributed by atoms with Crippen LogP contribution in [0.2, 0.25) is 0 Å². The van der Waals surface area contributed by atoms with Gasteiger partial charge in [-0.2, -0.15) is 0 Å². The maximum atomic E-state index is 5.90. The Morgan fingerprint density at radius 3 is 2.67 bits per heavy atom. The van der Waals surface area contributed by atoms with Crippen molar-refractivity contribution in [2.45, 2.75) is 0 Å². The first kappa shape index (κ1) is 9.42. The van der Waals surface area contributed by atoms with E-state index in [0.717, 1.165) is 16.5 Å². The molecule has 0 aliphatic carbocycles. The van der Waals surface area contributed by atoms with Crippen molar-refractivity contribution in [3.63, 3.8) is 0 Å². The summed E-state index contributed by atoms with van der Waals surface area (Å²) in [6, 6.07) is 11.6. The Labute approximate surface area is 88.7 Å². The van der Waals surface area contributed by atoms with Crippen LogP contribution in [0.4, 0.5) is 5.69 Å². The third kappa shape index (κ3) is 1.72. The van der Waals surface area contributed by atoms with E-state index in [9.17, 15) is 0 Å². The van der Waals surface area contributed by atoms with E-state index < -0.39 is 0 Å². The van der Waals surface area contributed by atoms with Crippen LogP contribution in [0.15, 0.2) is 36.4 Å². The summed E-state index contributed by atoms with van der Waals surface area (Å²) in [5.41, 5.74) is 6.61. The summed E-state index contributed by atoms with van der Waals surface area (Å²) in [4.78, 5) is 0. The van der Waals surface area contributed by atoms with E-state index in [1.165, 1.54) is 0 Å². The molecule has 0 heterocycles. The number of nitrogens with two attached hydrogens (primary N) is 1. The van der Waals surface area contributed by atoms with E-state index in [2.05, 4.69) is 5.92 Å². The van der Waals surface area contributed by atoms with Crippen molar-refractivity contribution in [1.82, 2.24) is 0 Å². The van der Waals surface area contributed by atoms with Crippen molar-refractivity contribution in [3.8, 4) is 18.1 Å². The van der Waals surface area contributed by atoms with E-state index >= 15 is 0 Å². The monoisotopic (exact) mass is 197 g/mol. The zero-order chi connectivity index (χ0) is 10.7. The zero-order valence-corrected chi connectivity index (χ0v) is 8.23. The highest BCUT2D eigenvalue weighted by Gasteiger charge is 2.03. The summed E-state index contributed by atoms with van der Waals surface area (Å²) >= 11 is 0. The molecule has 0 aliphatic rings. The van der Waals surface area contributed by atoms with Gasteiger partial charge in [0.15, 0.2) is 0 Å². The average Bonchev–Trinajstić information content (AvgIpc) is 2.26. The Kier molecular flexibility index (Phi) is 2.47. The Hall–Kier alpha value is -2.14. The van der Waals surface area contributed by atoms with Crippen LogP contribution in [0, 0.1) is 12.3 Å². The molecular formula is C13H11NO. The lowest BCUT2D eigenvalue weighted by Crippen LogP contribution is -1.96. The Bertz CT molecular complexity index is 520. The normalized spacial score (nSPS) is 9.80. The van der Waals surface area contributed by atoms with E-state index in [1.54, 1.807) is 0 Å². The molecule has 0 unspecified atom stereocenters. The molecule has 0 saturated carbocycles. The quantitative estimate of drug-likeness (QED) is 0.592. The van der Waals surface area contributed by atoms with Gasteiger partial charge in [-0.15, -0.1) is 6.42 Å². The second-order valence-electron chi connectivity index (χ2n) is 3.19. The lowest BCUT2D eigenvalue weighted by atomic mass is 10.1. The van der Waals surface area contributed by atoms with Crippen molar-refractivity contribution in [3.05, 3.63) is 36.4 Å². The molecule has 0 amide bonds. The molecule has 0 spiro atoms. The van der Waals surface area contributed by atoms with Crippen molar-refractivity contribution in [2.24, 2.45) is 0 Å². The largest absolute Gasteiger partial charge is 0.480 e. The number of hydrogen-bond donors (Lipinski definition) is 1. The molecule has 0 bridgehead atoms. The molecule has 2 N–H and O–H groups in total. The Morgan fingerprint density at radius 1 is 1.20 bits per heavy atom. The first-order valence-corrected chi connectivity index (χ1v) is 4.66. The molecule has 2 aromatic rings. The number of nitrogen functional groups attached to an aromatic ring is 1. The Balaban J connectivity index is 2.59. The summed E-state index contributed by atoms with van der Waals surface area (Å²) in [6.45, 7) is 0.257. The van der Waals surface area contributed by atoms with Gasteiger partial charge in [0.05, 0.1) is 0 Å². The summed E-state index contributed by atoms with van der Waals surface area (Å²) in [5, 5.41) is 1.99. The maximum Gasteiger partial charge on any atom is 0.148 e. The molecule has 0 aliphatic heterocycles. The molecule has 0 fully saturated rings. The molecule has 0 radical (unpaired) electrons. The van der Waals surface area contributed by atoms with Crippen LogP contribution in [0.3, 0.4) is 0 Å². The second-order valence-corrected chi connectivity index (χ2v) is 3.19. The van der Waals surface area contributed by atoms with Crippen LogP contribution in [0.1, 0.15) is 0 Å². The summed E-state index contributed by atoms with van der Waals surface area (Å²) < 4.78 is 5.43. The molecular weight excluding hydrogens is 186 g/mol. The van der Waals surface area contributed by atoms with Gasteiger partial charge in [0.1, 0.15) is 12.4 Å². The predicted octanol–water partition coefficient (Wildman–Crippen LogP) is 2.43. The number of rotatable bonds is 2. The standard InChI is InChI=1S/C13H11NO/c1-2-9-15-12-8-4-6-10-5-3-7-11(14)13(10)12/h1,3-8H,9,14H2. The zero-order valence-electron chi connectivity index (χ0n) is 8.23. The van der Waals surface area contributed by atoms with Crippen LogP contribution in [0.25, 0.3) is 10.8 Å². The van der Waals surface area contributed by atoms with Gasteiger partial charge < -0.3 is 10.5 Å². The SMILES string of the molecule is C#CCOc1cccc2cccc(N)c12. The summed E-state index contributed by atoms with van der Waals surface area (Å²) in [7, 11) is 0. The molecule has 2 nitrogen and oxygen atoms in total. The fourth-order valence-electron chi connectivity index (χ4n) is 1.57. The predicted molar refractivity (Wildman–Crippen MR) is 62.7 cm³/mol. The summed E-state index contributed by atoms with van der Waals surface area (Å²) in [6.07, 6.45) is 5.15. The first-order valence-electron chi connectivity index (χ1n) is 4.66. The second kappa shape index (κ2) is 3.93. The maximum absolute atomic E-state index is 5.90. The number of fused-ring (bicyclic) bond motifs is 1. The van der Waals surface area contributed by atoms with Gasteiger partial charge >= 0.3 is 0 Å².